The van der Waals surface area contributed by atoms with Gasteiger partial charge >= 0.3 is 0 Å². The third-order valence-electron chi connectivity index (χ3n) is 5.63. The molecule has 30 heavy (non-hydrogen) atoms. The van der Waals surface area contributed by atoms with Gasteiger partial charge in [-0.2, -0.15) is 5.10 Å². The molecule has 8 heteroatoms. The Kier molecular flexibility index (Phi) is 5.57. The predicted octanol–water partition coefficient (Wildman–Crippen LogP) is 2.72. The molecule has 0 atom stereocenters. The summed E-state index contributed by atoms with van der Waals surface area (Å²) >= 11 is 0. The largest absolute Gasteiger partial charge is 0.388 e. The van der Waals surface area contributed by atoms with E-state index in [9.17, 15) is 9.18 Å². The van der Waals surface area contributed by atoms with Crippen molar-refractivity contribution in [3.8, 4) is 11.1 Å². The van der Waals surface area contributed by atoms with E-state index >= 15 is 0 Å². The number of rotatable bonds is 6. The van der Waals surface area contributed by atoms with Gasteiger partial charge in [0, 0.05) is 56.5 Å². The average Bonchev–Trinajstić information content (AvgIpc) is 3.46. The Bertz CT molecular complexity index is 1020. The second-order valence-corrected chi connectivity index (χ2v) is 8.04. The van der Waals surface area contributed by atoms with Crippen LogP contribution in [0, 0.1) is 11.7 Å². The van der Waals surface area contributed by atoms with Crippen LogP contribution in [-0.2, 0) is 11.8 Å². The Balaban J connectivity index is 1.65. The number of nitrogens with zero attached hydrogens (tertiary/aromatic N) is 4. The van der Waals surface area contributed by atoms with Gasteiger partial charge in [0.25, 0.3) is 0 Å². The summed E-state index contributed by atoms with van der Waals surface area (Å²) in [7, 11) is 1.83. The molecule has 7 nitrogen and oxygen atoms in total. The average molecular weight is 410 g/mol. The number of amides is 1. The van der Waals surface area contributed by atoms with Crippen LogP contribution in [0.15, 0.2) is 46.9 Å². The first-order valence-electron chi connectivity index (χ1n) is 10.2. The molecule has 1 amide bonds. The maximum atomic E-state index is 14.5. The summed E-state index contributed by atoms with van der Waals surface area (Å²) in [6.07, 6.45) is 6.75. The van der Waals surface area contributed by atoms with Gasteiger partial charge in [0.05, 0.1) is 12.7 Å². The normalized spacial score (nSPS) is 17.4. The van der Waals surface area contributed by atoms with E-state index in [2.05, 4.69) is 15.4 Å². The fourth-order valence-corrected chi connectivity index (χ4v) is 3.60. The fourth-order valence-electron chi connectivity index (χ4n) is 3.60. The zero-order valence-electron chi connectivity index (χ0n) is 17.4. The van der Waals surface area contributed by atoms with E-state index in [4.69, 9.17) is 5.73 Å². The summed E-state index contributed by atoms with van der Waals surface area (Å²) in [4.78, 5) is 18.1. The number of carbonyl (C=O) groups is 1. The van der Waals surface area contributed by atoms with Crippen LogP contribution in [0.5, 0.6) is 0 Å². The summed E-state index contributed by atoms with van der Waals surface area (Å²) < 4.78 is 16.2. The van der Waals surface area contributed by atoms with Gasteiger partial charge in [-0.05, 0) is 36.5 Å². The fraction of sp³-hybridized carbons (Fsp3) is 0.409. The second-order valence-electron chi connectivity index (χ2n) is 8.04. The number of aliphatic imine (C=N–C) groups is 1. The van der Waals surface area contributed by atoms with E-state index in [1.165, 1.54) is 18.9 Å². The van der Waals surface area contributed by atoms with Crippen LogP contribution in [0.1, 0.15) is 26.2 Å². The SMILES string of the molecule is CC(=O)N1CCC(NCC2CC2)=C(C(N)=Nc2cc(-c3cnn(C)c3)ccc2F)C1. The molecule has 1 aromatic heterocycles. The molecule has 1 aliphatic carbocycles. The van der Waals surface area contributed by atoms with Crippen LogP contribution >= 0.6 is 0 Å². The van der Waals surface area contributed by atoms with Crippen molar-refractivity contribution >= 4 is 17.4 Å². The van der Waals surface area contributed by atoms with Gasteiger partial charge in [-0.3, -0.25) is 9.48 Å². The Morgan fingerprint density at radius 3 is 2.83 bits per heavy atom. The van der Waals surface area contributed by atoms with Gasteiger partial charge in [-0.15, -0.1) is 0 Å². The molecule has 0 spiro atoms. The van der Waals surface area contributed by atoms with Gasteiger partial charge in [0.1, 0.15) is 17.3 Å². The first-order chi connectivity index (χ1) is 14.4. The minimum absolute atomic E-state index is 0.00806. The van der Waals surface area contributed by atoms with Gasteiger partial charge in [0.15, 0.2) is 0 Å². The van der Waals surface area contributed by atoms with Crippen molar-refractivity contribution in [2.75, 3.05) is 19.6 Å². The number of nitrogens with two attached hydrogens (primary N) is 1. The number of benzene rings is 1. The van der Waals surface area contributed by atoms with E-state index in [0.29, 0.717) is 25.4 Å². The Hall–Kier alpha value is -3.16. The summed E-state index contributed by atoms with van der Waals surface area (Å²) in [5.74, 6) is 0.488. The molecule has 2 aromatic rings. The van der Waals surface area contributed by atoms with Crippen molar-refractivity contribution in [3.63, 3.8) is 0 Å². The number of aromatic nitrogens is 2. The van der Waals surface area contributed by atoms with Crippen molar-refractivity contribution in [3.05, 3.63) is 47.7 Å². The molecule has 1 saturated carbocycles. The highest BCUT2D eigenvalue weighted by Crippen LogP contribution is 2.30. The molecule has 4 rings (SSSR count). The van der Waals surface area contributed by atoms with Crippen molar-refractivity contribution in [1.82, 2.24) is 20.0 Å². The van der Waals surface area contributed by atoms with Crippen molar-refractivity contribution < 1.29 is 9.18 Å². The van der Waals surface area contributed by atoms with Crippen LogP contribution in [0.25, 0.3) is 11.1 Å². The van der Waals surface area contributed by atoms with Gasteiger partial charge in [0.2, 0.25) is 5.91 Å². The molecular weight excluding hydrogens is 383 g/mol. The lowest BCUT2D eigenvalue weighted by Gasteiger charge is -2.30. The number of hydrogen-bond donors (Lipinski definition) is 2. The summed E-state index contributed by atoms with van der Waals surface area (Å²) in [5.41, 5.74) is 9.97. The van der Waals surface area contributed by atoms with E-state index in [1.807, 2.05) is 13.2 Å². The smallest absolute Gasteiger partial charge is 0.219 e. The lowest BCUT2D eigenvalue weighted by molar-refractivity contribution is -0.128. The molecule has 0 radical (unpaired) electrons. The van der Waals surface area contributed by atoms with Gasteiger partial charge < -0.3 is 16.0 Å². The molecule has 0 saturated heterocycles. The van der Waals surface area contributed by atoms with Gasteiger partial charge in [-0.1, -0.05) is 6.07 Å². The van der Waals surface area contributed by atoms with Crippen LogP contribution < -0.4 is 11.1 Å². The number of hydrogen-bond acceptors (Lipinski definition) is 4. The number of aryl methyl sites for hydroxylation is 1. The summed E-state index contributed by atoms with van der Waals surface area (Å²) in [5, 5.41) is 7.65. The topological polar surface area (TPSA) is 88.5 Å². The van der Waals surface area contributed by atoms with Crippen LogP contribution in [-0.4, -0.2) is 46.1 Å². The quantitative estimate of drug-likeness (QED) is 0.566. The van der Waals surface area contributed by atoms with Gasteiger partial charge in [-0.25, -0.2) is 9.38 Å². The first-order valence-corrected chi connectivity index (χ1v) is 10.2. The third-order valence-corrected chi connectivity index (χ3v) is 5.63. The molecule has 2 heterocycles. The monoisotopic (exact) mass is 410 g/mol. The van der Waals surface area contributed by atoms with Crippen LogP contribution in [0.2, 0.25) is 0 Å². The molecule has 3 N–H and O–H groups in total. The molecule has 1 fully saturated rings. The zero-order chi connectivity index (χ0) is 21.3. The molecular formula is C22H27FN6O. The number of amidine groups is 1. The lowest BCUT2D eigenvalue weighted by atomic mass is 10.0. The summed E-state index contributed by atoms with van der Waals surface area (Å²) in [6, 6.07) is 4.75. The second kappa shape index (κ2) is 8.30. The minimum atomic E-state index is -0.446. The predicted molar refractivity (Wildman–Crippen MR) is 115 cm³/mol. The minimum Gasteiger partial charge on any atom is -0.388 e. The van der Waals surface area contributed by atoms with E-state index in [1.54, 1.807) is 34.8 Å². The molecule has 158 valence electrons. The number of nitrogens with one attached hydrogen (secondary N) is 1. The maximum Gasteiger partial charge on any atom is 0.219 e. The zero-order valence-corrected chi connectivity index (χ0v) is 17.4. The van der Waals surface area contributed by atoms with Crippen molar-refractivity contribution in [2.24, 2.45) is 23.7 Å². The molecule has 1 aliphatic heterocycles. The highest BCUT2D eigenvalue weighted by atomic mass is 19.1. The van der Waals surface area contributed by atoms with Crippen LogP contribution in [0.3, 0.4) is 0 Å². The van der Waals surface area contributed by atoms with Crippen molar-refractivity contribution in [2.45, 2.75) is 26.2 Å². The Morgan fingerprint density at radius 1 is 1.37 bits per heavy atom. The molecule has 2 aliphatic rings. The standard InChI is InChI=1S/C22H27FN6O/c1-14(30)29-8-7-20(25-10-15-3-4-15)18(13-29)22(24)27-21-9-16(5-6-19(21)23)17-11-26-28(2)12-17/h5-6,9,11-12,15,25H,3-4,7-8,10,13H2,1-2H3,(H2,24,27). The molecule has 1 aromatic carbocycles. The van der Waals surface area contributed by atoms with E-state index in [0.717, 1.165) is 28.9 Å². The highest BCUT2D eigenvalue weighted by Gasteiger charge is 2.26. The Morgan fingerprint density at radius 2 is 2.17 bits per heavy atom. The third kappa shape index (κ3) is 4.53. The first kappa shape index (κ1) is 20.1. The maximum absolute atomic E-state index is 14.5. The lowest BCUT2D eigenvalue weighted by Crippen LogP contribution is -2.41. The van der Waals surface area contributed by atoms with E-state index < -0.39 is 5.82 Å². The highest BCUT2D eigenvalue weighted by molar-refractivity contribution is 6.00. The van der Waals surface area contributed by atoms with Crippen molar-refractivity contribution in [1.29, 1.82) is 0 Å². The molecule has 0 unspecified atom stereocenters. The number of halogens is 1. The Labute approximate surface area is 175 Å². The van der Waals surface area contributed by atoms with E-state index in [-0.39, 0.29) is 17.4 Å². The summed E-state index contributed by atoms with van der Waals surface area (Å²) in [6.45, 7) is 3.47. The molecule has 0 bridgehead atoms. The van der Waals surface area contributed by atoms with Crippen LogP contribution in [0.4, 0.5) is 10.1 Å². The number of carbonyl (C=O) groups excluding carboxylic acids is 1.